The van der Waals surface area contributed by atoms with Gasteiger partial charge in [0.25, 0.3) is 11.8 Å². The number of carbonyl (C=O) groups excluding carboxylic acids is 5. The third kappa shape index (κ3) is 9.33. The first-order valence-electron chi connectivity index (χ1n) is 19.1. The first-order chi connectivity index (χ1) is 28.9. The van der Waals surface area contributed by atoms with Crippen LogP contribution in [0.15, 0.2) is 59.9 Å². The molecule has 6 heterocycles. The number of ether oxygens (including phenoxy) is 1. The predicted octanol–water partition coefficient (Wildman–Crippen LogP) is 6.21. The molecule has 4 N–H and O–H groups in total. The number of anilines is 4. The number of nitrogens with zero attached hydrogens (tertiary/aromatic N) is 7. The normalized spacial score (nSPS) is 18.1. The molecule has 21 heteroatoms. The summed E-state index contributed by atoms with van der Waals surface area (Å²) in [7, 11) is 0. The van der Waals surface area contributed by atoms with Gasteiger partial charge in [0, 0.05) is 52.2 Å². The first-order valence-corrected chi connectivity index (χ1v) is 19.5. The smallest absolute Gasteiger partial charge is 0.416 e. The number of rotatable bonds is 8. The Kier molecular flexibility index (Phi) is 10.5. The van der Waals surface area contributed by atoms with E-state index in [1.54, 1.807) is 54.5 Å². The Hall–Kier alpha value is -6.83. The summed E-state index contributed by atoms with van der Waals surface area (Å²) in [5.74, 6) is -0.277. The van der Waals surface area contributed by atoms with Crippen LogP contribution in [0.3, 0.4) is 0 Å². The first kappa shape index (κ1) is 40.9. The van der Waals surface area contributed by atoms with Crippen LogP contribution in [0, 0.1) is 0 Å². The Morgan fingerprint density at radius 3 is 2.02 bits per heavy atom. The lowest BCUT2D eigenvalue weighted by atomic mass is 10.1. The van der Waals surface area contributed by atoms with E-state index in [0.717, 1.165) is 37.8 Å². The fourth-order valence-electron chi connectivity index (χ4n) is 6.51. The molecule has 316 valence electrons. The number of carbonyl (C=O) groups is 5. The molecular formula is C40H37ClF3N11O6. The third-order valence-corrected chi connectivity index (χ3v) is 9.73. The molecule has 1 aromatic carbocycles. The van der Waals surface area contributed by atoms with Crippen molar-refractivity contribution in [3.05, 3.63) is 81.8 Å². The van der Waals surface area contributed by atoms with Gasteiger partial charge in [-0.15, -0.1) is 0 Å². The molecule has 0 unspecified atom stereocenters. The molecule has 61 heavy (non-hydrogen) atoms. The van der Waals surface area contributed by atoms with Gasteiger partial charge in [-0.1, -0.05) is 17.7 Å². The second kappa shape index (κ2) is 15.6. The summed E-state index contributed by atoms with van der Waals surface area (Å²) in [6.07, 6.45) is 4.86. The van der Waals surface area contributed by atoms with Crippen LogP contribution in [-0.2, 0) is 30.1 Å². The number of amides is 5. The van der Waals surface area contributed by atoms with E-state index in [9.17, 15) is 37.1 Å². The molecule has 4 aromatic heterocycles. The van der Waals surface area contributed by atoms with Gasteiger partial charge in [0.1, 0.15) is 28.2 Å². The number of hydrogen-bond acceptors (Lipinski definition) is 12. The van der Waals surface area contributed by atoms with Crippen molar-refractivity contribution in [1.29, 1.82) is 0 Å². The van der Waals surface area contributed by atoms with E-state index in [1.165, 1.54) is 29.0 Å². The minimum atomic E-state index is -4.46. The van der Waals surface area contributed by atoms with Crippen molar-refractivity contribution in [3.63, 3.8) is 0 Å². The monoisotopic (exact) mass is 859 g/mol. The van der Waals surface area contributed by atoms with Crippen LogP contribution in [0.1, 0.15) is 76.0 Å². The highest BCUT2D eigenvalue weighted by Gasteiger charge is 2.39. The highest BCUT2D eigenvalue weighted by Crippen LogP contribution is 2.36. The zero-order valence-electron chi connectivity index (χ0n) is 32.8. The van der Waals surface area contributed by atoms with Gasteiger partial charge in [-0.2, -0.15) is 32.4 Å². The topological polar surface area (TPSA) is 206 Å². The van der Waals surface area contributed by atoms with Crippen LogP contribution in [0.4, 0.5) is 41.1 Å². The molecule has 5 aromatic rings. The van der Waals surface area contributed by atoms with Gasteiger partial charge in [0.15, 0.2) is 11.3 Å². The fourth-order valence-corrected chi connectivity index (χ4v) is 6.68. The van der Waals surface area contributed by atoms with Gasteiger partial charge in [-0.25, -0.2) is 14.8 Å². The molecule has 0 bridgehead atoms. The molecule has 0 radical (unpaired) electrons. The number of hydrogen-bond donors (Lipinski definition) is 4. The third-order valence-electron chi connectivity index (χ3n) is 9.54. The zero-order valence-corrected chi connectivity index (χ0v) is 33.5. The lowest BCUT2D eigenvalue weighted by molar-refractivity contribution is -0.137. The molecule has 5 amide bonds. The van der Waals surface area contributed by atoms with Crippen LogP contribution in [0.5, 0.6) is 0 Å². The van der Waals surface area contributed by atoms with Crippen LogP contribution in [0.25, 0.3) is 23.4 Å². The van der Waals surface area contributed by atoms with Crippen molar-refractivity contribution < 1.29 is 41.9 Å². The van der Waals surface area contributed by atoms with Crippen LogP contribution >= 0.6 is 11.6 Å². The van der Waals surface area contributed by atoms with Crippen molar-refractivity contribution >= 4 is 87.9 Å². The zero-order chi connectivity index (χ0) is 43.4. The fraction of sp³-hybridized carbons (Fsp3) is 0.325. The van der Waals surface area contributed by atoms with E-state index in [2.05, 4.69) is 41.4 Å². The average Bonchev–Trinajstić information content (AvgIpc) is 4.04. The Morgan fingerprint density at radius 1 is 0.869 bits per heavy atom. The Bertz CT molecular complexity index is 2710. The highest BCUT2D eigenvalue weighted by atomic mass is 35.5. The van der Waals surface area contributed by atoms with Gasteiger partial charge in [0.2, 0.25) is 11.8 Å². The molecule has 17 nitrogen and oxygen atoms in total. The summed E-state index contributed by atoms with van der Waals surface area (Å²) in [5.41, 5.74) is 1.22. The molecule has 2 aliphatic heterocycles. The largest absolute Gasteiger partial charge is 0.443 e. The molecule has 4 aliphatic rings. The number of nitrogens with one attached hydrogen (secondary N) is 4. The Balaban J connectivity index is 0.000000169. The summed E-state index contributed by atoms with van der Waals surface area (Å²) < 4.78 is 47.8. The van der Waals surface area contributed by atoms with Gasteiger partial charge >= 0.3 is 12.3 Å². The second-order valence-corrected chi connectivity index (χ2v) is 16.2. The SMILES string of the molecule is CC(C)(C)OC(=O)N(c1cc(Cl)nc2c(/C=C3\CC(=O)NC3=O)cnn12)C1CC1.O=C1C/C(=C\c2cnn3c(NC4CC4)cc(Nc4cccc(C(F)(F)F)c4)nc23)C(=O)N1. The van der Waals surface area contributed by atoms with E-state index in [0.29, 0.717) is 51.0 Å². The minimum absolute atomic E-state index is 0.00393. The second-order valence-electron chi connectivity index (χ2n) is 15.8. The minimum Gasteiger partial charge on any atom is -0.443 e. The van der Waals surface area contributed by atoms with E-state index in [4.69, 9.17) is 16.3 Å². The molecule has 2 saturated heterocycles. The number of alkyl halides is 3. The van der Waals surface area contributed by atoms with E-state index >= 15 is 0 Å². The quantitative estimate of drug-likeness (QED) is 0.0781. The van der Waals surface area contributed by atoms with E-state index in [-0.39, 0.29) is 47.6 Å². The molecule has 0 spiro atoms. The van der Waals surface area contributed by atoms with Crippen molar-refractivity contribution in [1.82, 2.24) is 39.8 Å². The van der Waals surface area contributed by atoms with Crippen molar-refractivity contribution in [2.75, 3.05) is 15.5 Å². The predicted molar refractivity (Wildman–Crippen MR) is 216 cm³/mol. The number of halogens is 4. The van der Waals surface area contributed by atoms with E-state index in [1.807, 2.05) is 0 Å². The van der Waals surface area contributed by atoms with Crippen LogP contribution in [-0.4, -0.2) is 76.6 Å². The summed E-state index contributed by atoms with van der Waals surface area (Å²) in [6, 6.07) is 8.35. The molecule has 2 aliphatic carbocycles. The van der Waals surface area contributed by atoms with E-state index < -0.39 is 35.2 Å². The van der Waals surface area contributed by atoms with Crippen molar-refractivity contribution in [2.24, 2.45) is 0 Å². The molecule has 9 rings (SSSR count). The molecule has 0 atom stereocenters. The van der Waals surface area contributed by atoms with Gasteiger partial charge in [0.05, 0.1) is 30.8 Å². The standard InChI is InChI=1S/C21H17F3N6O2.C19H20ClN5O4/c22-21(23,24)13-2-1-3-15(8-13)26-16-9-17(27-14-4-5-14)30-19(28-16)12(10-25-30)6-11-7-18(31)29-20(11)32;1-19(2,3)29-18(28)24(12-4-5-12)15-8-13(20)22-16-11(9-21-25(15)16)6-10-7-14(26)23-17(10)27/h1-3,6,8-10,14,27H,4-5,7H2,(H,26,28)(H,29,31,32);6,8-9,12H,4-5,7H2,1-3H3,(H,23,26,27)/b11-6+;10-6+. The van der Waals surface area contributed by atoms with Crippen molar-refractivity contribution in [2.45, 2.75) is 83.2 Å². The highest BCUT2D eigenvalue weighted by molar-refractivity contribution is 6.30. The molecular weight excluding hydrogens is 823 g/mol. The lowest BCUT2D eigenvalue weighted by Gasteiger charge is -2.27. The Labute approximate surface area is 349 Å². The number of fused-ring (bicyclic) bond motifs is 2. The number of benzene rings is 1. The maximum atomic E-state index is 13.1. The van der Waals surface area contributed by atoms with Crippen LogP contribution in [0.2, 0.25) is 5.15 Å². The van der Waals surface area contributed by atoms with Crippen molar-refractivity contribution in [3.8, 4) is 0 Å². The summed E-state index contributed by atoms with van der Waals surface area (Å²) >= 11 is 6.24. The maximum absolute atomic E-state index is 13.1. The molecule has 4 fully saturated rings. The van der Waals surface area contributed by atoms with Gasteiger partial charge in [-0.05, 0) is 76.8 Å². The summed E-state index contributed by atoms with van der Waals surface area (Å²) in [5, 5.41) is 19.6. The lowest BCUT2D eigenvalue weighted by Crippen LogP contribution is -2.39. The Morgan fingerprint density at radius 2 is 1.48 bits per heavy atom. The van der Waals surface area contributed by atoms with Gasteiger partial charge < -0.3 is 15.4 Å². The van der Waals surface area contributed by atoms with Crippen LogP contribution < -0.4 is 26.2 Å². The average molecular weight is 860 g/mol. The summed E-state index contributed by atoms with van der Waals surface area (Å²) in [6.45, 7) is 5.41. The summed E-state index contributed by atoms with van der Waals surface area (Å²) in [4.78, 5) is 69.9. The maximum Gasteiger partial charge on any atom is 0.416 e. The number of aromatic nitrogens is 6. The van der Waals surface area contributed by atoms with Gasteiger partial charge in [-0.3, -0.25) is 34.7 Å². The number of imide groups is 2. The molecule has 2 saturated carbocycles.